The van der Waals surface area contributed by atoms with Crippen LogP contribution in [0.4, 0.5) is 0 Å². The number of carbonyl (C=O) groups is 1. The number of piperidine rings is 1. The molecule has 1 atom stereocenters. The van der Waals surface area contributed by atoms with Gasteiger partial charge in [0.2, 0.25) is 15.9 Å². The van der Waals surface area contributed by atoms with Crippen LogP contribution in [-0.2, 0) is 14.8 Å². The molecule has 1 unspecified atom stereocenters. The molecule has 0 radical (unpaired) electrons. The van der Waals surface area contributed by atoms with E-state index < -0.39 is 10.0 Å². The van der Waals surface area contributed by atoms with Gasteiger partial charge in [0.25, 0.3) is 0 Å². The van der Waals surface area contributed by atoms with E-state index in [4.69, 9.17) is 0 Å². The molecule has 6 heteroatoms. The van der Waals surface area contributed by atoms with Gasteiger partial charge in [-0.05, 0) is 44.7 Å². The molecule has 0 saturated carbocycles. The summed E-state index contributed by atoms with van der Waals surface area (Å²) in [5, 5.41) is 0. The highest BCUT2D eigenvalue weighted by atomic mass is 32.2. The lowest BCUT2D eigenvalue weighted by molar-refractivity contribution is -0.130. The zero-order valence-corrected chi connectivity index (χ0v) is 14.5. The standard InChI is InChI=1S/C16H24N2O3S/c1-11-8-12(2)16(13(3)9-11)22(20,21)17-15-6-5-7-18(10-15)14(4)19/h8-9,15,17H,5-7,10H2,1-4H3. The number of rotatable bonds is 3. The number of aryl methyl sites for hydroxylation is 3. The highest BCUT2D eigenvalue weighted by Crippen LogP contribution is 2.23. The topological polar surface area (TPSA) is 66.5 Å². The first-order valence-corrected chi connectivity index (χ1v) is 9.04. The Labute approximate surface area is 132 Å². The van der Waals surface area contributed by atoms with E-state index >= 15 is 0 Å². The molecule has 1 N–H and O–H groups in total. The zero-order valence-electron chi connectivity index (χ0n) is 13.6. The molecule has 22 heavy (non-hydrogen) atoms. The monoisotopic (exact) mass is 324 g/mol. The highest BCUT2D eigenvalue weighted by molar-refractivity contribution is 7.89. The molecule has 1 aromatic rings. The maximum atomic E-state index is 12.7. The maximum Gasteiger partial charge on any atom is 0.241 e. The molecule has 1 aliphatic rings. The first-order valence-electron chi connectivity index (χ1n) is 7.56. The summed E-state index contributed by atoms with van der Waals surface area (Å²) in [5.74, 6) is -0.00778. The van der Waals surface area contributed by atoms with Crippen molar-refractivity contribution in [3.63, 3.8) is 0 Å². The van der Waals surface area contributed by atoms with Gasteiger partial charge in [0.1, 0.15) is 0 Å². The fourth-order valence-corrected chi connectivity index (χ4v) is 4.94. The molecule has 5 nitrogen and oxygen atoms in total. The Morgan fingerprint density at radius 2 is 1.82 bits per heavy atom. The SMILES string of the molecule is CC(=O)N1CCCC(NS(=O)(=O)c2c(C)cc(C)cc2C)C1. The number of hydrogen-bond acceptors (Lipinski definition) is 3. The molecule has 2 rings (SSSR count). The van der Waals surface area contributed by atoms with Gasteiger partial charge in [-0.15, -0.1) is 0 Å². The van der Waals surface area contributed by atoms with Crippen molar-refractivity contribution in [2.75, 3.05) is 13.1 Å². The van der Waals surface area contributed by atoms with Gasteiger partial charge in [-0.3, -0.25) is 4.79 Å². The summed E-state index contributed by atoms with van der Waals surface area (Å²) in [7, 11) is -3.58. The Bertz CT molecular complexity index is 660. The van der Waals surface area contributed by atoms with Gasteiger partial charge in [-0.25, -0.2) is 13.1 Å². The van der Waals surface area contributed by atoms with E-state index in [9.17, 15) is 13.2 Å². The van der Waals surface area contributed by atoms with Crippen LogP contribution in [0.15, 0.2) is 17.0 Å². The van der Waals surface area contributed by atoms with Crippen LogP contribution in [0.3, 0.4) is 0 Å². The van der Waals surface area contributed by atoms with Gasteiger partial charge in [-0.1, -0.05) is 17.7 Å². The molecule has 0 aromatic heterocycles. The van der Waals surface area contributed by atoms with Gasteiger partial charge >= 0.3 is 0 Å². The summed E-state index contributed by atoms with van der Waals surface area (Å²) in [4.78, 5) is 13.5. The minimum atomic E-state index is -3.58. The summed E-state index contributed by atoms with van der Waals surface area (Å²) in [6.45, 7) is 8.25. The smallest absolute Gasteiger partial charge is 0.241 e. The lowest BCUT2D eigenvalue weighted by Gasteiger charge is -2.32. The second-order valence-electron chi connectivity index (χ2n) is 6.15. The number of likely N-dealkylation sites (tertiary alicyclic amines) is 1. The molecular formula is C16H24N2O3S. The van der Waals surface area contributed by atoms with E-state index in [1.165, 1.54) is 6.92 Å². The van der Waals surface area contributed by atoms with Crippen LogP contribution in [0.5, 0.6) is 0 Å². The highest BCUT2D eigenvalue weighted by Gasteiger charge is 2.28. The first-order chi connectivity index (χ1) is 10.2. The van der Waals surface area contributed by atoms with Crippen LogP contribution in [0, 0.1) is 20.8 Å². The quantitative estimate of drug-likeness (QED) is 0.923. The third-order valence-electron chi connectivity index (χ3n) is 4.06. The minimum absolute atomic E-state index is 0.00778. The number of sulfonamides is 1. The second-order valence-corrected chi connectivity index (χ2v) is 7.80. The van der Waals surface area contributed by atoms with Gasteiger partial charge in [0.15, 0.2) is 0 Å². The number of benzene rings is 1. The zero-order chi connectivity index (χ0) is 16.5. The largest absolute Gasteiger partial charge is 0.341 e. The lowest BCUT2D eigenvalue weighted by Crippen LogP contribution is -2.49. The third kappa shape index (κ3) is 3.67. The van der Waals surface area contributed by atoms with Crippen LogP contribution < -0.4 is 4.72 Å². The van der Waals surface area contributed by atoms with E-state index in [-0.39, 0.29) is 11.9 Å². The summed E-state index contributed by atoms with van der Waals surface area (Å²) < 4.78 is 28.2. The second kappa shape index (κ2) is 6.38. The number of carbonyl (C=O) groups excluding carboxylic acids is 1. The van der Waals surface area contributed by atoms with Crippen LogP contribution in [0.1, 0.15) is 36.5 Å². The number of hydrogen-bond donors (Lipinski definition) is 1. The predicted octanol–water partition coefficient (Wildman–Crippen LogP) is 1.90. The first kappa shape index (κ1) is 17.0. The Morgan fingerprint density at radius 3 is 2.36 bits per heavy atom. The molecule has 0 spiro atoms. The fourth-order valence-electron chi connectivity index (χ4n) is 3.23. The molecule has 1 fully saturated rings. The van der Waals surface area contributed by atoms with Crippen LogP contribution in [-0.4, -0.2) is 38.4 Å². The van der Waals surface area contributed by atoms with Gasteiger partial charge < -0.3 is 4.90 Å². The van der Waals surface area contributed by atoms with Crippen molar-refractivity contribution in [1.82, 2.24) is 9.62 Å². The Hall–Kier alpha value is -1.40. The Morgan fingerprint density at radius 1 is 1.23 bits per heavy atom. The van der Waals surface area contributed by atoms with Crippen molar-refractivity contribution in [2.24, 2.45) is 0 Å². The van der Waals surface area contributed by atoms with Crippen molar-refractivity contribution < 1.29 is 13.2 Å². The predicted molar refractivity (Wildman–Crippen MR) is 86.3 cm³/mol. The van der Waals surface area contributed by atoms with Gasteiger partial charge in [0, 0.05) is 26.1 Å². The van der Waals surface area contributed by atoms with Crippen molar-refractivity contribution in [3.8, 4) is 0 Å². The lowest BCUT2D eigenvalue weighted by atomic mass is 10.1. The third-order valence-corrected chi connectivity index (χ3v) is 5.89. The average molecular weight is 324 g/mol. The van der Waals surface area contributed by atoms with Crippen LogP contribution in [0.25, 0.3) is 0 Å². The molecule has 1 aliphatic heterocycles. The summed E-state index contributed by atoms with van der Waals surface area (Å²) in [5.41, 5.74) is 2.56. The van der Waals surface area contributed by atoms with Crippen molar-refractivity contribution in [1.29, 1.82) is 0 Å². The summed E-state index contributed by atoms with van der Waals surface area (Å²) in [6.07, 6.45) is 1.57. The normalized spacial score (nSPS) is 19.3. The van der Waals surface area contributed by atoms with Crippen LogP contribution in [0.2, 0.25) is 0 Å². The van der Waals surface area contributed by atoms with E-state index in [2.05, 4.69) is 4.72 Å². The van der Waals surface area contributed by atoms with Crippen molar-refractivity contribution in [2.45, 2.75) is 51.5 Å². The van der Waals surface area contributed by atoms with Crippen molar-refractivity contribution in [3.05, 3.63) is 28.8 Å². The van der Waals surface area contributed by atoms with E-state index in [0.717, 1.165) is 29.5 Å². The molecule has 1 aromatic carbocycles. The molecule has 0 aliphatic carbocycles. The van der Waals surface area contributed by atoms with E-state index in [1.807, 2.05) is 32.9 Å². The minimum Gasteiger partial charge on any atom is -0.341 e. The molecule has 1 heterocycles. The summed E-state index contributed by atoms with van der Waals surface area (Å²) >= 11 is 0. The molecule has 1 amide bonds. The number of amides is 1. The molecule has 122 valence electrons. The fraction of sp³-hybridized carbons (Fsp3) is 0.562. The van der Waals surface area contributed by atoms with E-state index in [0.29, 0.717) is 18.0 Å². The summed E-state index contributed by atoms with van der Waals surface area (Å²) in [6, 6.07) is 3.54. The number of nitrogens with one attached hydrogen (secondary N) is 1. The van der Waals surface area contributed by atoms with Gasteiger partial charge in [-0.2, -0.15) is 0 Å². The number of nitrogens with zero attached hydrogens (tertiary/aromatic N) is 1. The Balaban J connectivity index is 2.23. The van der Waals surface area contributed by atoms with E-state index in [1.54, 1.807) is 4.90 Å². The average Bonchev–Trinajstić information content (AvgIpc) is 2.36. The molecule has 1 saturated heterocycles. The van der Waals surface area contributed by atoms with Crippen molar-refractivity contribution >= 4 is 15.9 Å². The van der Waals surface area contributed by atoms with Crippen LogP contribution >= 0.6 is 0 Å². The van der Waals surface area contributed by atoms with Gasteiger partial charge in [0.05, 0.1) is 4.90 Å². The Kier molecular flexibility index (Phi) is 4.92. The molecular weight excluding hydrogens is 300 g/mol. The maximum absolute atomic E-state index is 12.7. The molecule has 0 bridgehead atoms.